The van der Waals surface area contributed by atoms with Crippen molar-refractivity contribution in [2.24, 2.45) is 0 Å². The molecule has 0 aliphatic heterocycles. The number of benzene rings is 1. The fraction of sp³-hybridized carbons (Fsp3) is 0.467. The van der Waals surface area contributed by atoms with Crippen molar-refractivity contribution in [1.82, 2.24) is 4.90 Å². The Bertz CT molecular complexity index is 522. The number of nitrogens with one attached hydrogen (secondary N) is 1. The normalized spacial score (nSPS) is 15.0. The second kappa shape index (κ2) is 7.14. The molecular formula is C15H18Cl2N2O2. The van der Waals surface area contributed by atoms with Crippen molar-refractivity contribution in [3.63, 3.8) is 0 Å². The number of hydrogen-bond donors (Lipinski definition) is 1. The van der Waals surface area contributed by atoms with E-state index in [9.17, 15) is 9.59 Å². The van der Waals surface area contributed by atoms with Crippen molar-refractivity contribution in [1.29, 1.82) is 0 Å². The van der Waals surface area contributed by atoms with Crippen LogP contribution in [0.2, 0.25) is 10.0 Å². The van der Waals surface area contributed by atoms with Crippen LogP contribution in [0.5, 0.6) is 0 Å². The molecule has 1 aromatic carbocycles. The van der Waals surface area contributed by atoms with Gasteiger partial charge in [-0.3, -0.25) is 9.59 Å². The molecule has 0 heterocycles. The van der Waals surface area contributed by atoms with Crippen LogP contribution in [-0.2, 0) is 9.59 Å². The Morgan fingerprint density at radius 2 is 1.81 bits per heavy atom. The minimum absolute atomic E-state index is 0.0293. The average Bonchev–Trinajstić information content (AvgIpc) is 2.94. The maximum absolute atomic E-state index is 12.2. The molecule has 0 bridgehead atoms. The number of nitrogens with zero attached hydrogens (tertiary/aromatic N) is 1. The van der Waals surface area contributed by atoms with E-state index in [2.05, 4.69) is 5.32 Å². The molecule has 21 heavy (non-hydrogen) atoms. The smallest absolute Gasteiger partial charge is 0.244 e. The average molecular weight is 329 g/mol. The van der Waals surface area contributed by atoms with E-state index in [1.54, 1.807) is 23.1 Å². The largest absolute Gasteiger partial charge is 0.331 e. The Morgan fingerprint density at radius 1 is 1.24 bits per heavy atom. The molecule has 1 N–H and O–H groups in total. The Balaban J connectivity index is 2.04. The zero-order valence-electron chi connectivity index (χ0n) is 11.9. The molecule has 4 nitrogen and oxygen atoms in total. The van der Waals surface area contributed by atoms with E-state index >= 15 is 0 Å². The molecule has 1 aliphatic carbocycles. The molecule has 0 unspecified atom stereocenters. The third-order valence-electron chi connectivity index (χ3n) is 3.71. The molecule has 0 radical (unpaired) electrons. The predicted molar refractivity (Wildman–Crippen MR) is 84.7 cm³/mol. The number of para-hydroxylation sites is 1. The van der Waals surface area contributed by atoms with Crippen LogP contribution in [0, 0.1) is 0 Å². The van der Waals surface area contributed by atoms with E-state index in [-0.39, 0.29) is 24.4 Å². The SMILES string of the molecule is CC(=O)N(CC(=O)Nc1c(Cl)cccc1Cl)C1CCCC1. The third kappa shape index (κ3) is 4.11. The number of carbonyl (C=O) groups is 2. The molecule has 114 valence electrons. The van der Waals surface area contributed by atoms with Crippen LogP contribution in [0.4, 0.5) is 5.69 Å². The first-order valence-corrected chi connectivity index (χ1v) is 7.75. The van der Waals surface area contributed by atoms with Crippen LogP contribution in [0.1, 0.15) is 32.6 Å². The van der Waals surface area contributed by atoms with E-state index in [0.717, 1.165) is 25.7 Å². The predicted octanol–water partition coefficient (Wildman–Crippen LogP) is 3.72. The van der Waals surface area contributed by atoms with E-state index in [4.69, 9.17) is 23.2 Å². The van der Waals surface area contributed by atoms with Gasteiger partial charge in [0, 0.05) is 13.0 Å². The van der Waals surface area contributed by atoms with Gasteiger partial charge in [0.2, 0.25) is 11.8 Å². The lowest BCUT2D eigenvalue weighted by Gasteiger charge is -2.27. The lowest BCUT2D eigenvalue weighted by molar-refractivity contribution is -0.135. The summed E-state index contributed by atoms with van der Waals surface area (Å²) in [6.45, 7) is 1.52. The zero-order chi connectivity index (χ0) is 15.4. The van der Waals surface area contributed by atoms with E-state index in [0.29, 0.717) is 15.7 Å². The molecule has 6 heteroatoms. The summed E-state index contributed by atoms with van der Waals surface area (Å²) in [6.07, 6.45) is 4.12. The molecule has 1 aromatic rings. The molecule has 1 aliphatic rings. The molecule has 0 saturated heterocycles. The summed E-state index contributed by atoms with van der Waals surface area (Å²) in [5.41, 5.74) is 0.390. The van der Waals surface area contributed by atoms with E-state index in [1.807, 2.05) is 0 Å². The maximum Gasteiger partial charge on any atom is 0.244 e. The molecular weight excluding hydrogens is 311 g/mol. The van der Waals surface area contributed by atoms with Crippen molar-refractivity contribution in [3.05, 3.63) is 28.2 Å². The molecule has 2 amide bonds. The van der Waals surface area contributed by atoms with Gasteiger partial charge in [0.05, 0.1) is 15.7 Å². The molecule has 0 spiro atoms. The minimum atomic E-state index is -0.285. The first-order valence-electron chi connectivity index (χ1n) is 7.00. The molecule has 2 rings (SSSR count). The first-order chi connectivity index (χ1) is 9.99. The minimum Gasteiger partial charge on any atom is -0.331 e. The number of rotatable bonds is 4. The highest BCUT2D eigenvalue weighted by atomic mass is 35.5. The molecule has 1 saturated carbocycles. The highest BCUT2D eigenvalue weighted by molar-refractivity contribution is 6.39. The second-order valence-corrected chi connectivity index (χ2v) is 6.04. The number of anilines is 1. The van der Waals surface area contributed by atoms with Gasteiger partial charge in [-0.2, -0.15) is 0 Å². The van der Waals surface area contributed by atoms with Gasteiger partial charge >= 0.3 is 0 Å². The summed E-state index contributed by atoms with van der Waals surface area (Å²) in [5.74, 6) is -0.366. The van der Waals surface area contributed by atoms with Gasteiger partial charge in [0.1, 0.15) is 6.54 Å². The van der Waals surface area contributed by atoms with E-state index in [1.165, 1.54) is 6.92 Å². The zero-order valence-corrected chi connectivity index (χ0v) is 13.4. The Kier molecular flexibility index (Phi) is 5.48. The van der Waals surface area contributed by atoms with Gasteiger partial charge in [-0.05, 0) is 25.0 Å². The van der Waals surface area contributed by atoms with Crippen LogP contribution in [-0.4, -0.2) is 29.3 Å². The van der Waals surface area contributed by atoms with Gasteiger partial charge in [-0.15, -0.1) is 0 Å². The number of halogens is 2. The van der Waals surface area contributed by atoms with Crippen molar-refractivity contribution < 1.29 is 9.59 Å². The van der Waals surface area contributed by atoms with Crippen LogP contribution in [0.25, 0.3) is 0 Å². The van der Waals surface area contributed by atoms with Gasteiger partial charge in [-0.25, -0.2) is 0 Å². The number of carbonyl (C=O) groups excluding carboxylic acids is 2. The number of amides is 2. The molecule has 0 aromatic heterocycles. The second-order valence-electron chi connectivity index (χ2n) is 5.23. The van der Waals surface area contributed by atoms with Crippen molar-refractivity contribution in [3.8, 4) is 0 Å². The summed E-state index contributed by atoms with van der Waals surface area (Å²) in [6, 6.07) is 5.18. The quantitative estimate of drug-likeness (QED) is 0.915. The van der Waals surface area contributed by atoms with Crippen molar-refractivity contribution in [2.75, 3.05) is 11.9 Å². The van der Waals surface area contributed by atoms with Crippen LogP contribution < -0.4 is 5.32 Å². The van der Waals surface area contributed by atoms with Gasteiger partial charge in [0.15, 0.2) is 0 Å². The lowest BCUT2D eigenvalue weighted by Crippen LogP contribution is -2.42. The van der Waals surface area contributed by atoms with Crippen molar-refractivity contribution >= 4 is 40.7 Å². The third-order valence-corrected chi connectivity index (χ3v) is 4.34. The summed E-state index contributed by atoms with van der Waals surface area (Å²) in [4.78, 5) is 25.5. The van der Waals surface area contributed by atoms with Crippen LogP contribution in [0.3, 0.4) is 0 Å². The lowest BCUT2D eigenvalue weighted by atomic mass is 10.2. The summed E-state index contributed by atoms with van der Waals surface area (Å²) in [7, 11) is 0. The first kappa shape index (κ1) is 16.1. The summed E-state index contributed by atoms with van der Waals surface area (Å²) < 4.78 is 0. The highest BCUT2D eigenvalue weighted by Gasteiger charge is 2.26. The fourth-order valence-corrected chi connectivity index (χ4v) is 3.16. The Morgan fingerprint density at radius 3 is 2.33 bits per heavy atom. The topological polar surface area (TPSA) is 49.4 Å². The Hall–Kier alpha value is -1.26. The monoisotopic (exact) mass is 328 g/mol. The number of hydrogen-bond acceptors (Lipinski definition) is 2. The van der Waals surface area contributed by atoms with Gasteiger partial charge in [-0.1, -0.05) is 42.1 Å². The van der Waals surface area contributed by atoms with Crippen LogP contribution >= 0.6 is 23.2 Å². The van der Waals surface area contributed by atoms with Crippen molar-refractivity contribution in [2.45, 2.75) is 38.6 Å². The maximum atomic E-state index is 12.2. The van der Waals surface area contributed by atoms with Gasteiger partial charge < -0.3 is 10.2 Å². The Labute approximate surface area is 134 Å². The van der Waals surface area contributed by atoms with Crippen LogP contribution in [0.15, 0.2) is 18.2 Å². The summed E-state index contributed by atoms with van der Waals surface area (Å²) >= 11 is 12.0. The standard InChI is InChI=1S/C15H18Cl2N2O2/c1-10(20)19(11-5-2-3-6-11)9-14(21)18-15-12(16)7-4-8-13(15)17/h4,7-8,11H,2-3,5-6,9H2,1H3,(H,18,21). The molecule has 1 fully saturated rings. The highest BCUT2D eigenvalue weighted by Crippen LogP contribution is 2.30. The van der Waals surface area contributed by atoms with E-state index < -0.39 is 0 Å². The fourth-order valence-electron chi connectivity index (χ4n) is 2.66. The summed E-state index contributed by atoms with van der Waals surface area (Å²) in [5, 5.41) is 3.45. The molecule has 0 atom stereocenters. The van der Waals surface area contributed by atoms with Gasteiger partial charge in [0.25, 0.3) is 0 Å².